The second-order valence-corrected chi connectivity index (χ2v) is 10.0. The molecule has 0 N–H and O–H groups in total. The summed E-state index contributed by atoms with van der Waals surface area (Å²) < 4.78 is 0. The Morgan fingerprint density at radius 3 is 2.09 bits per heavy atom. The molecule has 1 aromatic rings. The third-order valence-corrected chi connectivity index (χ3v) is 7.76. The lowest BCUT2D eigenvalue weighted by atomic mass is 9.69. The molecule has 0 heterocycles. The Morgan fingerprint density at radius 1 is 0.853 bits per heavy atom. The molecular weight excluding hydrogens is 414 g/mol. The van der Waals surface area contributed by atoms with Gasteiger partial charge in [0.1, 0.15) is 17.7 Å². The molecule has 3 nitrogen and oxygen atoms in total. The summed E-state index contributed by atoms with van der Waals surface area (Å²) in [5.41, 5.74) is 8.05. The van der Waals surface area contributed by atoms with E-state index in [1.54, 1.807) is 0 Å². The first kappa shape index (κ1) is 24.1. The number of benzene rings is 1. The van der Waals surface area contributed by atoms with E-state index in [9.17, 15) is 10.5 Å². The number of anilines is 1. The van der Waals surface area contributed by atoms with Crippen molar-refractivity contribution in [3.63, 3.8) is 0 Å². The van der Waals surface area contributed by atoms with Crippen molar-refractivity contribution in [3.8, 4) is 12.1 Å². The van der Waals surface area contributed by atoms with Gasteiger partial charge in [0.05, 0.1) is 0 Å². The molecule has 0 spiro atoms. The monoisotopic (exact) mass is 451 g/mol. The third-order valence-electron chi connectivity index (χ3n) is 7.76. The zero-order valence-corrected chi connectivity index (χ0v) is 20.8. The molecule has 176 valence electrons. The van der Waals surface area contributed by atoms with Gasteiger partial charge >= 0.3 is 0 Å². The largest absolute Gasteiger partial charge is 0.372 e. The van der Waals surface area contributed by atoms with Crippen molar-refractivity contribution >= 4 is 11.3 Å². The van der Waals surface area contributed by atoms with Gasteiger partial charge in [-0.3, -0.25) is 0 Å². The van der Waals surface area contributed by atoms with Gasteiger partial charge in [0.15, 0.2) is 0 Å². The molecule has 34 heavy (non-hydrogen) atoms. The molecule has 0 radical (unpaired) electrons. The summed E-state index contributed by atoms with van der Waals surface area (Å²) in [4.78, 5) is 2.54. The highest BCUT2D eigenvalue weighted by Gasteiger charge is 2.31. The van der Waals surface area contributed by atoms with Gasteiger partial charge in [0, 0.05) is 18.8 Å². The molecule has 2 unspecified atom stereocenters. The van der Waals surface area contributed by atoms with Crippen LogP contribution in [0, 0.1) is 34.5 Å². The van der Waals surface area contributed by atoms with Crippen LogP contribution in [0.1, 0.15) is 77.2 Å². The Bertz CT molecular complexity index is 1060. The number of hydrogen-bond donors (Lipinski definition) is 0. The van der Waals surface area contributed by atoms with Crippen LogP contribution in [0.2, 0.25) is 0 Å². The standard InChI is InChI=1S/C31H37N3/c1-3-5-15-34(16-6-4-2)31-13-11-23(12-14-31)24-7-8-25-17-26-9-10-27(30(21-32)22-33)19-29(26)20-28(25)18-24/h11-14,18-20,25-26H,3-10,15-17H2,1-2H3. The average molecular weight is 452 g/mol. The highest BCUT2D eigenvalue weighted by atomic mass is 15.1. The molecule has 0 bridgehead atoms. The molecule has 0 saturated heterocycles. The highest BCUT2D eigenvalue weighted by molar-refractivity contribution is 5.72. The molecule has 4 rings (SSSR count). The molecule has 0 saturated carbocycles. The van der Waals surface area contributed by atoms with E-state index in [-0.39, 0.29) is 5.57 Å². The molecule has 3 aliphatic rings. The van der Waals surface area contributed by atoms with E-state index in [4.69, 9.17) is 0 Å². The zero-order valence-electron chi connectivity index (χ0n) is 20.8. The number of rotatable bonds is 8. The van der Waals surface area contributed by atoms with Crippen LogP contribution in [0.4, 0.5) is 5.69 Å². The maximum atomic E-state index is 9.27. The molecule has 3 aliphatic carbocycles. The van der Waals surface area contributed by atoms with Crippen LogP contribution >= 0.6 is 0 Å². The van der Waals surface area contributed by atoms with Crippen LogP contribution in [0.5, 0.6) is 0 Å². The van der Waals surface area contributed by atoms with E-state index in [0.717, 1.165) is 37.9 Å². The lowest BCUT2D eigenvalue weighted by Crippen LogP contribution is -2.25. The Morgan fingerprint density at radius 2 is 1.47 bits per heavy atom. The van der Waals surface area contributed by atoms with Crippen LogP contribution in [0.3, 0.4) is 0 Å². The van der Waals surface area contributed by atoms with E-state index in [1.165, 1.54) is 66.5 Å². The maximum absolute atomic E-state index is 9.27. The van der Waals surface area contributed by atoms with Crippen molar-refractivity contribution in [2.24, 2.45) is 11.8 Å². The molecule has 0 fully saturated rings. The van der Waals surface area contributed by atoms with Gasteiger partial charge in [-0.25, -0.2) is 0 Å². The van der Waals surface area contributed by atoms with Crippen molar-refractivity contribution in [1.29, 1.82) is 10.5 Å². The number of allylic oxidation sites excluding steroid dienone is 8. The number of nitriles is 2. The summed E-state index contributed by atoms with van der Waals surface area (Å²) in [5.74, 6) is 1.21. The normalized spacial score (nSPS) is 21.2. The van der Waals surface area contributed by atoms with Crippen molar-refractivity contribution < 1.29 is 0 Å². The predicted molar refractivity (Wildman–Crippen MR) is 141 cm³/mol. The van der Waals surface area contributed by atoms with Gasteiger partial charge in [-0.05, 0) is 96.8 Å². The lowest BCUT2D eigenvalue weighted by molar-refractivity contribution is 0.395. The van der Waals surface area contributed by atoms with E-state index in [2.05, 4.69) is 73.4 Å². The Labute approximate surface area is 205 Å². The summed E-state index contributed by atoms with van der Waals surface area (Å²) in [5, 5.41) is 18.5. The van der Waals surface area contributed by atoms with Crippen LogP contribution in [0.15, 0.2) is 64.8 Å². The van der Waals surface area contributed by atoms with Gasteiger partial charge in [0.25, 0.3) is 0 Å². The molecular formula is C31H37N3. The summed E-state index contributed by atoms with van der Waals surface area (Å²) in [6.45, 7) is 6.80. The number of fused-ring (bicyclic) bond motifs is 2. The zero-order chi connectivity index (χ0) is 23.9. The van der Waals surface area contributed by atoms with Gasteiger partial charge in [0.2, 0.25) is 0 Å². The third kappa shape index (κ3) is 5.37. The van der Waals surface area contributed by atoms with Gasteiger partial charge in [-0.2, -0.15) is 10.5 Å². The first-order valence-electron chi connectivity index (χ1n) is 13.2. The number of nitrogens with zero attached hydrogens (tertiary/aromatic N) is 3. The summed E-state index contributed by atoms with van der Waals surface area (Å²) >= 11 is 0. The van der Waals surface area contributed by atoms with E-state index in [0.29, 0.717) is 11.8 Å². The minimum Gasteiger partial charge on any atom is -0.372 e. The Hall–Kier alpha value is -3.04. The van der Waals surface area contributed by atoms with E-state index >= 15 is 0 Å². The fraction of sp³-hybridized carbons (Fsp3) is 0.484. The fourth-order valence-electron chi connectivity index (χ4n) is 5.69. The van der Waals surface area contributed by atoms with Crippen LogP contribution < -0.4 is 4.90 Å². The van der Waals surface area contributed by atoms with Crippen LogP contribution in [0.25, 0.3) is 5.57 Å². The average Bonchev–Trinajstić information content (AvgIpc) is 2.88. The first-order chi connectivity index (χ1) is 16.7. The van der Waals surface area contributed by atoms with Gasteiger partial charge in [-0.1, -0.05) is 57.0 Å². The lowest BCUT2D eigenvalue weighted by Gasteiger charge is -2.36. The topological polar surface area (TPSA) is 50.8 Å². The molecule has 0 amide bonds. The minimum atomic E-state index is 0.276. The molecule has 3 heteroatoms. The summed E-state index contributed by atoms with van der Waals surface area (Å²) in [6.07, 6.45) is 17.3. The smallest absolute Gasteiger partial charge is 0.132 e. The fourth-order valence-corrected chi connectivity index (χ4v) is 5.69. The van der Waals surface area contributed by atoms with E-state index < -0.39 is 0 Å². The molecule has 2 atom stereocenters. The second-order valence-electron chi connectivity index (χ2n) is 10.0. The SMILES string of the molecule is CCCCN(CCCC)c1ccc(C2=CC3=CC4=CC(=C(C#N)C#N)CCC4CC3CC2)cc1. The number of unbranched alkanes of at least 4 members (excludes halogenated alkanes) is 2. The highest BCUT2D eigenvalue weighted by Crippen LogP contribution is 2.46. The molecule has 0 aromatic heterocycles. The second kappa shape index (κ2) is 11.4. The summed E-state index contributed by atoms with van der Waals surface area (Å²) in [7, 11) is 0. The van der Waals surface area contributed by atoms with Crippen molar-refractivity contribution in [3.05, 3.63) is 70.3 Å². The van der Waals surface area contributed by atoms with Gasteiger partial charge in [-0.15, -0.1) is 0 Å². The quantitative estimate of drug-likeness (QED) is 0.377. The van der Waals surface area contributed by atoms with Crippen molar-refractivity contribution in [2.75, 3.05) is 18.0 Å². The summed E-state index contributed by atoms with van der Waals surface area (Å²) in [6, 6.07) is 13.4. The Kier molecular flexibility index (Phi) is 8.08. The number of hydrogen-bond acceptors (Lipinski definition) is 3. The first-order valence-corrected chi connectivity index (χ1v) is 13.2. The Balaban J connectivity index is 1.56. The minimum absolute atomic E-state index is 0.276. The van der Waals surface area contributed by atoms with Crippen LogP contribution in [-0.4, -0.2) is 13.1 Å². The molecule has 1 aromatic carbocycles. The maximum Gasteiger partial charge on any atom is 0.132 e. The van der Waals surface area contributed by atoms with E-state index in [1.807, 2.05) is 0 Å². The van der Waals surface area contributed by atoms with Crippen LogP contribution in [-0.2, 0) is 0 Å². The molecule has 0 aliphatic heterocycles. The van der Waals surface area contributed by atoms with Gasteiger partial charge < -0.3 is 4.90 Å². The predicted octanol–water partition coefficient (Wildman–Crippen LogP) is 7.90. The van der Waals surface area contributed by atoms with Crippen molar-refractivity contribution in [1.82, 2.24) is 0 Å². The van der Waals surface area contributed by atoms with Crippen molar-refractivity contribution in [2.45, 2.75) is 71.6 Å².